The Hall–Kier alpha value is -2.15. The molecule has 0 spiro atoms. The van der Waals surface area contributed by atoms with Gasteiger partial charge < -0.3 is 10.1 Å². The van der Waals surface area contributed by atoms with E-state index in [-0.39, 0.29) is 16.5 Å². The predicted octanol–water partition coefficient (Wildman–Crippen LogP) is 3.24. The standard InChI is InChI=1S/C13H12ClF2N3O2/c1-7-5-8(21-13(15)16)3-4-10(7)18-12(20)11-9(14)6-17-19(11)2/h3-6,13H,1-2H3,(H,18,20). The van der Waals surface area contributed by atoms with Crippen molar-refractivity contribution in [2.24, 2.45) is 7.05 Å². The van der Waals surface area contributed by atoms with Gasteiger partial charge in [0, 0.05) is 12.7 Å². The first-order chi connectivity index (χ1) is 9.88. The number of anilines is 1. The van der Waals surface area contributed by atoms with Crippen molar-refractivity contribution in [1.29, 1.82) is 0 Å². The largest absolute Gasteiger partial charge is 0.435 e. The van der Waals surface area contributed by atoms with Crippen LogP contribution in [0.15, 0.2) is 24.4 Å². The maximum absolute atomic E-state index is 12.1. The van der Waals surface area contributed by atoms with E-state index in [9.17, 15) is 13.6 Å². The Morgan fingerprint density at radius 2 is 2.19 bits per heavy atom. The number of carbonyl (C=O) groups excluding carboxylic acids is 1. The van der Waals surface area contributed by atoms with E-state index < -0.39 is 12.5 Å². The van der Waals surface area contributed by atoms with Gasteiger partial charge in [0.05, 0.1) is 11.2 Å². The van der Waals surface area contributed by atoms with Gasteiger partial charge in [-0.25, -0.2) is 0 Å². The van der Waals surface area contributed by atoms with E-state index in [4.69, 9.17) is 11.6 Å². The average molecular weight is 316 g/mol. The summed E-state index contributed by atoms with van der Waals surface area (Å²) in [6, 6.07) is 4.24. The highest BCUT2D eigenvalue weighted by atomic mass is 35.5. The second kappa shape index (κ2) is 6.09. The second-order valence-corrected chi connectivity index (χ2v) is 4.68. The highest BCUT2D eigenvalue weighted by molar-refractivity contribution is 6.34. The molecule has 2 aromatic rings. The Morgan fingerprint density at radius 3 is 2.71 bits per heavy atom. The summed E-state index contributed by atoms with van der Waals surface area (Å²) in [4.78, 5) is 12.1. The fraction of sp³-hybridized carbons (Fsp3) is 0.231. The van der Waals surface area contributed by atoms with Crippen molar-refractivity contribution in [2.45, 2.75) is 13.5 Å². The van der Waals surface area contributed by atoms with Crippen molar-refractivity contribution >= 4 is 23.2 Å². The molecule has 1 N–H and O–H groups in total. The van der Waals surface area contributed by atoms with E-state index in [1.165, 1.54) is 29.1 Å². The van der Waals surface area contributed by atoms with Gasteiger partial charge in [0.15, 0.2) is 0 Å². The monoisotopic (exact) mass is 315 g/mol. The summed E-state index contributed by atoms with van der Waals surface area (Å²) in [5, 5.41) is 6.74. The molecular formula is C13H12ClF2N3O2. The third-order valence-electron chi connectivity index (χ3n) is 2.78. The number of nitrogens with zero attached hydrogens (tertiary/aromatic N) is 2. The number of amides is 1. The van der Waals surface area contributed by atoms with Crippen molar-refractivity contribution in [2.75, 3.05) is 5.32 Å². The van der Waals surface area contributed by atoms with Crippen molar-refractivity contribution in [1.82, 2.24) is 9.78 Å². The Labute approximate surface area is 124 Å². The molecule has 0 saturated carbocycles. The van der Waals surface area contributed by atoms with Crippen LogP contribution in [0.1, 0.15) is 16.1 Å². The van der Waals surface area contributed by atoms with Gasteiger partial charge in [0.1, 0.15) is 11.4 Å². The molecule has 21 heavy (non-hydrogen) atoms. The summed E-state index contributed by atoms with van der Waals surface area (Å²) in [7, 11) is 1.59. The van der Waals surface area contributed by atoms with Crippen LogP contribution in [0.2, 0.25) is 5.02 Å². The van der Waals surface area contributed by atoms with Crippen LogP contribution in [0.4, 0.5) is 14.5 Å². The molecule has 0 aliphatic heterocycles. The molecule has 1 aromatic heterocycles. The molecule has 1 amide bonds. The van der Waals surface area contributed by atoms with Gasteiger partial charge in [-0.2, -0.15) is 13.9 Å². The summed E-state index contributed by atoms with van der Waals surface area (Å²) in [6.07, 6.45) is 1.36. The topological polar surface area (TPSA) is 56.1 Å². The Kier molecular flexibility index (Phi) is 4.42. The Morgan fingerprint density at radius 1 is 1.48 bits per heavy atom. The molecule has 5 nitrogen and oxygen atoms in total. The van der Waals surface area contributed by atoms with Crippen LogP contribution in [-0.4, -0.2) is 22.3 Å². The summed E-state index contributed by atoms with van der Waals surface area (Å²) >= 11 is 5.88. The molecular weight excluding hydrogens is 304 g/mol. The molecule has 8 heteroatoms. The van der Waals surface area contributed by atoms with Crippen LogP contribution in [0, 0.1) is 6.92 Å². The first-order valence-corrected chi connectivity index (χ1v) is 6.30. The van der Waals surface area contributed by atoms with Crippen LogP contribution in [0.25, 0.3) is 0 Å². The van der Waals surface area contributed by atoms with Gasteiger partial charge in [-0.1, -0.05) is 11.6 Å². The number of halogens is 3. The third kappa shape index (κ3) is 3.49. The number of carbonyl (C=O) groups is 1. The van der Waals surface area contributed by atoms with Gasteiger partial charge >= 0.3 is 6.61 Å². The average Bonchev–Trinajstić information content (AvgIpc) is 2.71. The number of aryl methyl sites for hydroxylation is 2. The zero-order valence-electron chi connectivity index (χ0n) is 11.2. The zero-order valence-corrected chi connectivity index (χ0v) is 12.0. The molecule has 0 atom stereocenters. The number of hydrogen-bond acceptors (Lipinski definition) is 3. The smallest absolute Gasteiger partial charge is 0.387 e. The lowest BCUT2D eigenvalue weighted by Crippen LogP contribution is -2.17. The third-order valence-corrected chi connectivity index (χ3v) is 3.06. The fourth-order valence-electron chi connectivity index (χ4n) is 1.80. The summed E-state index contributed by atoms with van der Waals surface area (Å²) in [5.74, 6) is -0.412. The molecule has 0 bridgehead atoms. The fourth-order valence-corrected chi connectivity index (χ4v) is 2.05. The number of aromatic nitrogens is 2. The molecule has 0 fully saturated rings. The number of ether oxygens (including phenoxy) is 1. The van der Waals surface area contributed by atoms with Gasteiger partial charge in [-0.05, 0) is 30.7 Å². The Bertz CT molecular complexity index is 654. The first kappa shape index (κ1) is 15.2. The quantitative estimate of drug-likeness (QED) is 0.942. The minimum absolute atomic E-state index is 0.0269. The van der Waals surface area contributed by atoms with E-state index in [0.29, 0.717) is 11.3 Å². The van der Waals surface area contributed by atoms with E-state index in [0.717, 1.165) is 0 Å². The predicted molar refractivity (Wildman–Crippen MR) is 74.0 cm³/mol. The molecule has 112 valence electrons. The number of hydrogen-bond donors (Lipinski definition) is 1. The van der Waals surface area contributed by atoms with E-state index >= 15 is 0 Å². The normalized spacial score (nSPS) is 10.8. The van der Waals surface area contributed by atoms with Crippen LogP contribution in [-0.2, 0) is 7.05 Å². The van der Waals surface area contributed by atoms with Crippen LogP contribution in [0.5, 0.6) is 5.75 Å². The first-order valence-electron chi connectivity index (χ1n) is 5.93. The maximum atomic E-state index is 12.1. The van der Waals surface area contributed by atoms with Gasteiger partial charge in [0.25, 0.3) is 5.91 Å². The molecule has 1 heterocycles. The lowest BCUT2D eigenvalue weighted by Gasteiger charge is -2.11. The van der Waals surface area contributed by atoms with Gasteiger partial charge in [0.2, 0.25) is 0 Å². The van der Waals surface area contributed by atoms with Crippen molar-refractivity contribution in [3.8, 4) is 5.75 Å². The molecule has 1 aromatic carbocycles. The minimum atomic E-state index is -2.89. The van der Waals surface area contributed by atoms with Gasteiger partial charge in [-0.3, -0.25) is 9.48 Å². The summed E-state index contributed by atoms with van der Waals surface area (Å²) < 4.78 is 29.9. The van der Waals surface area contributed by atoms with Crippen LogP contribution in [0.3, 0.4) is 0 Å². The molecule has 0 unspecified atom stereocenters. The molecule has 0 aliphatic rings. The summed E-state index contributed by atoms with van der Waals surface area (Å²) in [6.45, 7) is -1.23. The van der Waals surface area contributed by atoms with E-state index in [2.05, 4.69) is 15.2 Å². The zero-order chi connectivity index (χ0) is 15.6. The molecule has 0 saturated heterocycles. The summed E-state index contributed by atoms with van der Waals surface area (Å²) in [5.41, 5.74) is 1.27. The molecule has 2 rings (SSSR count). The van der Waals surface area contributed by atoms with Crippen LogP contribution < -0.4 is 10.1 Å². The van der Waals surface area contributed by atoms with Gasteiger partial charge in [-0.15, -0.1) is 0 Å². The number of alkyl halides is 2. The Balaban J connectivity index is 2.18. The lowest BCUT2D eigenvalue weighted by molar-refractivity contribution is -0.0498. The highest BCUT2D eigenvalue weighted by Crippen LogP contribution is 2.24. The van der Waals surface area contributed by atoms with E-state index in [1.54, 1.807) is 14.0 Å². The SMILES string of the molecule is Cc1cc(OC(F)F)ccc1NC(=O)c1c(Cl)cnn1C. The van der Waals surface area contributed by atoms with Crippen molar-refractivity contribution in [3.05, 3.63) is 40.7 Å². The maximum Gasteiger partial charge on any atom is 0.387 e. The van der Waals surface area contributed by atoms with Crippen molar-refractivity contribution < 1.29 is 18.3 Å². The lowest BCUT2D eigenvalue weighted by atomic mass is 10.2. The molecule has 0 radical (unpaired) electrons. The second-order valence-electron chi connectivity index (χ2n) is 4.27. The van der Waals surface area contributed by atoms with E-state index in [1.807, 2.05) is 0 Å². The molecule has 0 aliphatic carbocycles. The van der Waals surface area contributed by atoms with Crippen LogP contribution >= 0.6 is 11.6 Å². The van der Waals surface area contributed by atoms with Crippen molar-refractivity contribution in [3.63, 3.8) is 0 Å². The highest BCUT2D eigenvalue weighted by Gasteiger charge is 2.16. The minimum Gasteiger partial charge on any atom is -0.435 e. The number of nitrogens with one attached hydrogen (secondary N) is 1. The number of rotatable bonds is 4. The number of benzene rings is 1.